The Hall–Kier alpha value is -3.06. The van der Waals surface area contributed by atoms with Crippen LogP contribution in [0.5, 0.6) is 0 Å². The Labute approximate surface area is 150 Å². The van der Waals surface area contributed by atoms with Crippen LogP contribution in [0.25, 0.3) is 5.69 Å². The largest absolute Gasteiger partial charge is 0.390 e. The van der Waals surface area contributed by atoms with Crippen molar-refractivity contribution in [2.24, 2.45) is 0 Å². The molecule has 7 heteroatoms. The number of aliphatic hydroxyl groups excluding tert-OH is 1. The first kappa shape index (κ1) is 17.8. The summed E-state index contributed by atoms with van der Waals surface area (Å²) in [7, 11) is 0. The van der Waals surface area contributed by atoms with Crippen molar-refractivity contribution >= 4 is 5.91 Å². The number of hydrogen-bond acceptors (Lipinski definition) is 4. The highest BCUT2D eigenvalue weighted by Crippen LogP contribution is 2.12. The van der Waals surface area contributed by atoms with Gasteiger partial charge in [-0.2, -0.15) is 4.80 Å². The van der Waals surface area contributed by atoms with Gasteiger partial charge in [0.05, 0.1) is 12.3 Å². The van der Waals surface area contributed by atoms with E-state index in [1.54, 1.807) is 12.1 Å². The minimum atomic E-state index is -0.449. The average molecular weight is 354 g/mol. The number of rotatable bonds is 6. The number of hydrogen-bond donors (Lipinski definition) is 2. The van der Waals surface area contributed by atoms with Crippen molar-refractivity contribution in [3.05, 3.63) is 76.9 Å². The number of aliphatic hydroxyl groups is 1. The first-order valence-electron chi connectivity index (χ1n) is 8.29. The predicted molar refractivity (Wildman–Crippen MR) is 94.2 cm³/mol. The fourth-order valence-corrected chi connectivity index (χ4v) is 2.47. The highest BCUT2D eigenvalue weighted by atomic mass is 19.1. The van der Waals surface area contributed by atoms with Gasteiger partial charge in [-0.05, 0) is 41.8 Å². The first-order chi connectivity index (χ1) is 12.6. The maximum Gasteiger partial charge on any atom is 0.274 e. The summed E-state index contributed by atoms with van der Waals surface area (Å²) in [5, 5.41) is 20.6. The third-order valence-corrected chi connectivity index (χ3v) is 3.99. The predicted octanol–water partition coefficient (Wildman–Crippen LogP) is 2.39. The van der Waals surface area contributed by atoms with Gasteiger partial charge < -0.3 is 10.4 Å². The van der Waals surface area contributed by atoms with E-state index < -0.39 is 12.5 Å². The van der Waals surface area contributed by atoms with Gasteiger partial charge in [0.25, 0.3) is 5.91 Å². The van der Waals surface area contributed by atoms with Crippen molar-refractivity contribution in [1.29, 1.82) is 0 Å². The van der Waals surface area contributed by atoms with Gasteiger partial charge in [-0.15, -0.1) is 10.2 Å². The summed E-state index contributed by atoms with van der Waals surface area (Å²) < 4.78 is 12.9. The number of nitrogens with zero attached hydrogens (tertiary/aromatic N) is 3. The van der Waals surface area contributed by atoms with Gasteiger partial charge in [0.2, 0.25) is 0 Å². The molecule has 0 bridgehead atoms. The second-order valence-corrected chi connectivity index (χ2v) is 5.77. The van der Waals surface area contributed by atoms with Crippen molar-refractivity contribution in [1.82, 2.24) is 20.3 Å². The summed E-state index contributed by atoms with van der Waals surface area (Å²) in [5.74, 6) is -0.783. The molecule has 0 fully saturated rings. The van der Waals surface area contributed by atoms with Crippen LogP contribution in [-0.2, 0) is 19.6 Å². The van der Waals surface area contributed by atoms with E-state index in [-0.39, 0.29) is 23.7 Å². The quantitative estimate of drug-likeness (QED) is 0.712. The lowest BCUT2D eigenvalue weighted by Gasteiger charge is -2.04. The number of aryl methyl sites for hydroxylation is 1. The highest BCUT2D eigenvalue weighted by molar-refractivity contribution is 5.93. The van der Waals surface area contributed by atoms with Gasteiger partial charge in [-0.3, -0.25) is 4.79 Å². The van der Waals surface area contributed by atoms with Crippen LogP contribution in [0.3, 0.4) is 0 Å². The Morgan fingerprint density at radius 3 is 2.35 bits per heavy atom. The van der Waals surface area contributed by atoms with Crippen LogP contribution >= 0.6 is 0 Å². The number of nitrogens with one attached hydrogen (secondary N) is 1. The molecular formula is C19H19FN4O2. The molecule has 2 aromatic carbocycles. The molecule has 0 aliphatic rings. The number of halogens is 1. The Bertz CT molecular complexity index is 889. The Kier molecular flexibility index (Phi) is 5.38. The minimum absolute atomic E-state index is 0.0641. The molecule has 0 radical (unpaired) electrons. The Morgan fingerprint density at radius 1 is 1.08 bits per heavy atom. The SMILES string of the molecule is CCc1ccc(-n2nc(CO)c(C(=O)NCc3ccc(F)cc3)n2)cc1. The van der Waals surface area contributed by atoms with E-state index in [9.17, 15) is 14.3 Å². The van der Waals surface area contributed by atoms with Gasteiger partial charge in [0.1, 0.15) is 11.5 Å². The summed E-state index contributed by atoms with van der Waals surface area (Å²) in [6, 6.07) is 13.5. The molecule has 1 aromatic heterocycles. The van der Waals surface area contributed by atoms with Gasteiger partial charge in [-0.1, -0.05) is 31.2 Å². The number of benzene rings is 2. The van der Waals surface area contributed by atoms with Crippen molar-refractivity contribution in [3.63, 3.8) is 0 Å². The van der Waals surface area contributed by atoms with E-state index in [1.165, 1.54) is 22.5 Å². The fourth-order valence-electron chi connectivity index (χ4n) is 2.47. The zero-order valence-electron chi connectivity index (χ0n) is 14.3. The molecule has 0 aliphatic heterocycles. The van der Waals surface area contributed by atoms with Gasteiger partial charge in [-0.25, -0.2) is 4.39 Å². The molecule has 0 aliphatic carbocycles. The lowest BCUT2D eigenvalue weighted by molar-refractivity contribution is 0.0942. The minimum Gasteiger partial charge on any atom is -0.390 e. The number of amides is 1. The van der Waals surface area contributed by atoms with Crippen LogP contribution in [0.2, 0.25) is 0 Å². The number of carbonyl (C=O) groups excluding carboxylic acids is 1. The maximum absolute atomic E-state index is 12.9. The molecule has 1 heterocycles. The van der Waals surface area contributed by atoms with E-state index in [0.29, 0.717) is 5.69 Å². The molecule has 6 nitrogen and oxygen atoms in total. The van der Waals surface area contributed by atoms with Crippen LogP contribution in [-0.4, -0.2) is 26.0 Å². The summed E-state index contributed by atoms with van der Waals surface area (Å²) in [5.41, 5.74) is 2.90. The molecule has 2 N–H and O–H groups in total. The number of carbonyl (C=O) groups is 1. The van der Waals surface area contributed by atoms with Gasteiger partial charge in [0, 0.05) is 6.54 Å². The molecule has 3 rings (SSSR count). The zero-order chi connectivity index (χ0) is 18.5. The molecule has 0 atom stereocenters. The Balaban J connectivity index is 1.76. The Morgan fingerprint density at radius 2 is 1.73 bits per heavy atom. The fraction of sp³-hybridized carbons (Fsp3) is 0.211. The third kappa shape index (κ3) is 3.94. The van der Waals surface area contributed by atoms with E-state index in [0.717, 1.165) is 12.0 Å². The van der Waals surface area contributed by atoms with E-state index >= 15 is 0 Å². The zero-order valence-corrected chi connectivity index (χ0v) is 14.3. The molecule has 0 saturated heterocycles. The van der Waals surface area contributed by atoms with Crippen LogP contribution in [0.4, 0.5) is 4.39 Å². The topological polar surface area (TPSA) is 80.0 Å². The molecular weight excluding hydrogens is 335 g/mol. The molecule has 1 amide bonds. The molecule has 0 unspecified atom stereocenters. The molecule has 0 spiro atoms. The normalized spacial score (nSPS) is 10.7. The second-order valence-electron chi connectivity index (χ2n) is 5.77. The van der Waals surface area contributed by atoms with Gasteiger partial charge >= 0.3 is 0 Å². The maximum atomic E-state index is 12.9. The van der Waals surface area contributed by atoms with E-state index in [4.69, 9.17) is 0 Å². The van der Waals surface area contributed by atoms with E-state index in [2.05, 4.69) is 22.4 Å². The van der Waals surface area contributed by atoms with E-state index in [1.807, 2.05) is 24.3 Å². The molecule has 134 valence electrons. The molecule has 26 heavy (non-hydrogen) atoms. The standard InChI is InChI=1S/C19H19FN4O2/c1-2-13-5-9-16(10-6-13)24-22-17(12-25)18(23-24)19(26)21-11-14-3-7-15(20)8-4-14/h3-10,25H,2,11-12H2,1H3,(H,21,26). The lowest BCUT2D eigenvalue weighted by atomic mass is 10.2. The second kappa shape index (κ2) is 7.88. The third-order valence-electron chi connectivity index (χ3n) is 3.99. The number of aromatic nitrogens is 3. The van der Waals surface area contributed by atoms with Crippen molar-refractivity contribution in [3.8, 4) is 5.69 Å². The lowest BCUT2D eigenvalue weighted by Crippen LogP contribution is -2.24. The monoisotopic (exact) mass is 354 g/mol. The summed E-state index contributed by atoms with van der Waals surface area (Å²) in [6.07, 6.45) is 0.922. The van der Waals surface area contributed by atoms with Crippen molar-refractivity contribution in [2.75, 3.05) is 0 Å². The first-order valence-corrected chi connectivity index (χ1v) is 8.29. The van der Waals surface area contributed by atoms with Crippen molar-refractivity contribution in [2.45, 2.75) is 26.5 Å². The van der Waals surface area contributed by atoms with Gasteiger partial charge in [0.15, 0.2) is 5.69 Å². The summed E-state index contributed by atoms with van der Waals surface area (Å²) >= 11 is 0. The van der Waals surface area contributed by atoms with Crippen molar-refractivity contribution < 1.29 is 14.3 Å². The van der Waals surface area contributed by atoms with Crippen LogP contribution in [0, 0.1) is 5.82 Å². The average Bonchev–Trinajstić information content (AvgIpc) is 3.12. The summed E-state index contributed by atoms with van der Waals surface area (Å²) in [6.45, 7) is 1.89. The summed E-state index contributed by atoms with van der Waals surface area (Å²) in [4.78, 5) is 13.7. The smallest absolute Gasteiger partial charge is 0.274 e. The highest BCUT2D eigenvalue weighted by Gasteiger charge is 2.18. The molecule has 3 aromatic rings. The van der Waals surface area contributed by atoms with Crippen LogP contribution < -0.4 is 5.32 Å². The molecule has 0 saturated carbocycles. The van der Waals surface area contributed by atoms with Crippen LogP contribution in [0.1, 0.15) is 34.2 Å². The van der Waals surface area contributed by atoms with Crippen LogP contribution in [0.15, 0.2) is 48.5 Å².